The van der Waals surface area contributed by atoms with Crippen molar-refractivity contribution in [1.82, 2.24) is 15.1 Å². The van der Waals surface area contributed by atoms with Crippen LogP contribution in [0.3, 0.4) is 0 Å². The van der Waals surface area contributed by atoms with Gasteiger partial charge in [-0.15, -0.1) is 0 Å². The topological polar surface area (TPSA) is 75.0 Å². The number of amides is 3. The Labute approximate surface area is 146 Å². The summed E-state index contributed by atoms with van der Waals surface area (Å²) in [5.74, 6) is 0.773. The van der Waals surface area contributed by atoms with Crippen molar-refractivity contribution in [3.05, 3.63) is 30.0 Å². The molecule has 7 nitrogen and oxygen atoms in total. The van der Waals surface area contributed by atoms with Gasteiger partial charge in [-0.3, -0.25) is 4.79 Å². The minimum atomic E-state index is -0.0654. The third-order valence-electron chi connectivity index (χ3n) is 4.45. The molecule has 25 heavy (non-hydrogen) atoms. The van der Waals surface area contributed by atoms with Crippen LogP contribution in [0.4, 0.5) is 4.79 Å². The van der Waals surface area contributed by atoms with Crippen molar-refractivity contribution in [3.8, 4) is 5.75 Å². The Hall–Kier alpha value is -2.70. The standard InChI is InChI=1S/C18H23N3O4/c1-3-19-18(23)21-8-6-20(7-9-21)17(22)10-13-12-25-16-11-14(24-2)4-5-15(13)16/h4-5,11-12H,3,6-10H2,1-2H3,(H,19,23). The van der Waals surface area contributed by atoms with Gasteiger partial charge in [0.2, 0.25) is 5.91 Å². The highest BCUT2D eigenvalue weighted by atomic mass is 16.5. The Morgan fingerprint density at radius 2 is 1.92 bits per heavy atom. The SMILES string of the molecule is CCNC(=O)N1CCN(C(=O)Cc2coc3cc(OC)ccc23)CC1. The summed E-state index contributed by atoms with van der Waals surface area (Å²) in [5.41, 5.74) is 1.58. The predicted molar refractivity (Wildman–Crippen MR) is 93.7 cm³/mol. The molecule has 0 saturated carbocycles. The summed E-state index contributed by atoms with van der Waals surface area (Å²) in [4.78, 5) is 27.9. The number of ether oxygens (including phenoxy) is 1. The fourth-order valence-corrected chi connectivity index (χ4v) is 3.02. The van der Waals surface area contributed by atoms with E-state index in [-0.39, 0.29) is 11.9 Å². The lowest BCUT2D eigenvalue weighted by Gasteiger charge is -2.34. The van der Waals surface area contributed by atoms with Gasteiger partial charge in [-0.25, -0.2) is 4.79 Å². The molecular weight excluding hydrogens is 322 g/mol. The van der Waals surface area contributed by atoms with Crippen LogP contribution < -0.4 is 10.1 Å². The number of carbonyl (C=O) groups is 2. The predicted octanol–water partition coefficient (Wildman–Crippen LogP) is 1.86. The number of carbonyl (C=O) groups excluding carboxylic acids is 2. The first-order chi connectivity index (χ1) is 12.1. The van der Waals surface area contributed by atoms with Gasteiger partial charge in [-0.05, 0) is 19.1 Å². The van der Waals surface area contributed by atoms with Gasteiger partial charge >= 0.3 is 6.03 Å². The van der Waals surface area contributed by atoms with Gasteiger partial charge < -0.3 is 24.3 Å². The Balaban J connectivity index is 1.61. The van der Waals surface area contributed by atoms with Crippen molar-refractivity contribution in [3.63, 3.8) is 0 Å². The molecule has 2 heterocycles. The van der Waals surface area contributed by atoms with Gasteiger partial charge in [0, 0.05) is 49.7 Å². The summed E-state index contributed by atoms with van der Waals surface area (Å²) in [6.45, 7) is 4.72. The number of nitrogens with one attached hydrogen (secondary N) is 1. The number of hydrogen-bond donors (Lipinski definition) is 1. The number of rotatable bonds is 4. The van der Waals surface area contributed by atoms with Crippen LogP contribution in [0.1, 0.15) is 12.5 Å². The number of fused-ring (bicyclic) bond motifs is 1. The summed E-state index contributed by atoms with van der Waals surface area (Å²) < 4.78 is 10.7. The van der Waals surface area contributed by atoms with E-state index in [2.05, 4.69) is 5.32 Å². The summed E-state index contributed by atoms with van der Waals surface area (Å²) in [7, 11) is 1.61. The molecule has 0 bridgehead atoms. The lowest BCUT2D eigenvalue weighted by atomic mass is 10.1. The smallest absolute Gasteiger partial charge is 0.317 e. The number of benzene rings is 1. The highest BCUT2D eigenvalue weighted by Gasteiger charge is 2.24. The maximum absolute atomic E-state index is 12.6. The number of urea groups is 1. The van der Waals surface area contributed by atoms with Crippen LogP contribution in [-0.4, -0.2) is 61.6 Å². The van der Waals surface area contributed by atoms with Crippen molar-refractivity contribution < 1.29 is 18.7 Å². The van der Waals surface area contributed by atoms with Gasteiger partial charge in [0.1, 0.15) is 11.3 Å². The van der Waals surface area contributed by atoms with Gasteiger partial charge in [-0.1, -0.05) is 0 Å². The molecule has 0 spiro atoms. The molecule has 1 N–H and O–H groups in total. The van der Waals surface area contributed by atoms with E-state index < -0.39 is 0 Å². The molecule has 7 heteroatoms. The van der Waals surface area contributed by atoms with E-state index in [1.807, 2.05) is 25.1 Å². The molecule has 0 aliphatic carbocycles. The van der Waals surface area contributed by atoms with Crippen LogP contribution in [0.2, 0.25) is 0 Å². The van der Waals surface area contributed by atoms with E-state index in [1.165, 1.54) is 0 Å². The van der Waals surface area contributed by atoms with Crippen molar-refractivity contribution >= 4 is 22.9 Å². The second-order valence-corrected chi connectivity index (χ2v) is 6.00. The maximum atomic E-state index is 12.6. The molecule has 1 aliphatic heterocycles. The third-order valence-corrected chi connectivity index (χ3v) is 4.45. The molecule has 0 unspecified atom stereocenters. The zero-order valence-corrected chi connectivity index (χ0v) is 14.6. The average molecular weight is 345 g/mol. The quantitative estimate of drug-likeness (QED) is 0.918. The maximum Gasteiger partial charge on any atom is 0.317 e. The zero-order chi connectivity index (χ0) is 17.8. The number of furan rings is 1. The van der Waals surface area contributed by atoms with Gasteiger partial charge in [0.25, 0.3) is 0 Å². The van der Waals surface area contributed by atoms with Crippen LogP contribution in [0.25, 0.3) is 11.0 Å². The molecule has 1 aromatic heterocycles. The first kappa shape index (κ1) is 17.1. The van der Waals surface area contributed by atoms with Crippen molar-refractivity contribution in [2.45, 2.75) is 13.3 Å². The molecule has 3 amide bonds. The summed E-state index contributed by atoms with van der Waals surface area (Å²) in [5, 5.41) is 3.71. The molecule has 1 aliphatic rings. The van der Waals surface area contributed by atoms with Crippen molar-refractivity contribution in [2.24, 2.45) is 0 Å². The number of piperazine rings is 1. The number of nitrogens with zero attached hydrogens (tertiary/aromatic N) is 2. The van der Waals surface area contributed by atoms with E-state index in [4.69, 9.17) is 9.15 Å². The summed E-state index contributed by atoms with van der Waals surface area (Å²) >= 11 is 0. The minimum Gasteiger partial charge on any atom is -0.497 e. The number of hydrogen-bond acceptors (Lipinski definition) is 4. The lowest BCUT2D eigenvalue weighted by Crippen LogP contribution is -2.53. The van der Waals surface area contributed by atoms with E-state index in [0.717, 1.165) is 16.7 Å². The molecule has 134 valence electrons. The first-order valence-corrected chi connectivity index (χ1v) is 8.47. The summed E-state index contributed by atoms with van der Waals surface area (Å²) in [6.07, 6.45) is 1.92. The minimum absolute atomic E-state index is 0.0501. The Kier molecular flexibility index (Phi) is 5.11. The van der Waals surface area contributed by atoms with Gasteiger partial charge in [-0.2, -0.15) is 0 Å². The van der Waals surface area contributed by atoms with Crippen LogP contribution in [0.5, 0.6) is 5.75 Å². The van der Waals surface area contributed by atoms with E-state index in [9.17, 15) is 9.59 Å². The van der Waals surface area contributed by atoms with Crippen molar-refractivity contribution in [2.75, 3.05) is 39.8 Å². The monoisotopic (exact) mass is 345 g/mol. The molecule has 0 atom stereocenters. The van der Waals surface area contributed by atoms with E-state index >= 15 is 0 Å². The van der Waals surface area contributed by atoms with E-state index in [1.54, 1.807) is 23.2 Å². The molecule has 2 aromatic rings. The first-order valence-electron chi connectivity index (χ1n) is 8.47. The summed E-state index contributed by atoms with van der Waals surface area (Å²) in [6, 6.07) is 5.52. The van der Waals surface area contributed by atoms with Crippen LogP contribution in [0.15, 0.2) is 28.9 Å². The highest BCUT2D eigenvalue weighted by molar-refractivity contribution is 5.88. The average Bonchev–Trinajstić information content (AvgIpc) is 3.04. The molecule has 0 radical (unpaired) electrons. The fraction of sp³-hybridized carbons (Fsp3) is 0.444. The molecule has 1 saturated heterocycles. The Bertz CT molecular complexity index is 763. The van der Waals surface area contributed by atoms with Gasteiger partial charge in [0.05, 0.1) is 19.8 Å². The molecular formula is C18H23N3O4. The van der Waals surface area contributed by atoms with Crippen LogP contribution >= 0.6 is 0 Å². The largest absolute Gasteiger partial charge is 0.497 e. The normalized spacial score (nSPS) is 14.6. The highest BCUT2D eigenvalue weighted by Crippen LogP contribution is 2.26. The lowest BCUT2D eigenvalue weighted by molar-refractivity contribution is -0.131. The number of methoxy groups -OCH3 is 1. The van der Waals surface area contributed by atoms with Crippen LogP contribution in [-0.2, 0) is 11.2 Å². The third kappa shape index (κ3) is 3.70. The molecule has 1 aromatic carbocycles. The Morgan fingerprint density at radius 3 is 2.60 bits per heavy atom. The zero-order valence-electron chi connectivity index (χ0n) is 14.6. The van der Waals surface area contributed by atoms with Crippen molar-refractivity contribution in [1.29, 1.82) is 0 Å². The Morgan fingerprint density at radius 1 is 1.20 bits per heavy atom. The van der Waals surface area contributed by atoms with Gasteiger partial charge in [0.15, 0.2) is 0 Å². The molecule has 3 rings (SSSR count). The molecule has 1 fully saturated rings. The second-order valence-electron chi connectivity index (χ2n) is 6.00. The van der Waals surface area contributed by atoms with E-state index in [0.29, 0.717) is 44.7 Å². The second kappa shape index (κ2) is 7.46. The van der Waals surface area contributed by atoms with Crippen LogP contribution in [0, 0.1) is 0 Å². The fourth-order valence-electron chi connectivity index (χ4n) is 3.02.